The molecular formula is C9H7N3O9. The number of carbonyl (C=O) groups is 2. The van der Waals surface area contributed by atoms with Crippen molar-refractivity contribution in [3.8, 4) is 0 Å². The molecule has 1 rings (SSSR count). The maximum Gasteiger partial charge on any atom is 0.339 e. The molecule has 0 radical (unpaired) electrons. The van der Waals surface area contributed by atoms with Gasteiger partial charge in [0.25, 0.3) is 0 Å². The number of pyridine rings is 1. The van der Waals surface area contributed by atoms with E-state index in [0.29, 0.717) is 17.0 Å². The van der Waals surface area contributed by atoms with Crippen LogP contribution in [0.2, 0.25) is 0 Å². The Hall–Kier alpha value is -3.31. The van der Waals surface area contributed by atoms with Gasteiger partial charge in [0.1, 0.15) is 6.04 Å². The van der Waals surface area contributed by atoms with Crippen molar-refractivity contribution in [1.29, 1.82) is 0 Å². The first-order valence-electron chi connectivity index (χ1n) is 5.14. The molecule has 0 saturated carbocycles. The van der Waals surface area contributed by atoms with Gasteiger partial charge in [0.05, 0.1) is 28.7 Å². The molecule has 0 unspecified atom stereocenters. The van der Waals surface area contributed by atoms with Gasteiger partial charge < -0.3 is 14.8 Å². The van der Waals surface area contributed by atoms with Crippen LogP contribution in [-0.4, -0.2) is 36.6 Å². The van der Waals surface area contributed by atoms with E-state index in [2.05, 4.69) is 0 Å². The second-order valence-electron chi connectivity index (χ2n) is 3.77. The van der Waals surface area contributed by atoms with Crippen LogP contribution in [0.15, 0.2) is 17.2 Å². The van der Waals surface area contributed by atoms with Gasteiger partial charge in [0.15, 0.2) is 0 Å². The Labute approximate surface area is 114 Å². The molecule has 1 heterocycles. The molecule has 0 aliphatic rings. The number of hydrogen-bond acceptors (Lipinski definition) is 7. The number of rotatable bonds is 6. The lowest BCUT2D eigenvalue weighted by Crippen LogP contribution is -2.25. The number of aromatic nitrogens is 1. The maximum absolute atomic E-state index is 11.5. The summed E-state index contributed by atoms with van der Waals surface area (Å²) >= 11 is 0. The first kappa shape index (κ1) is 15.7. The molecule has 12 heteroatoms. The summed E-state index contributed by atoms with van der Waals surface area (Å²) in [6.07, 6.45) is -0.0688. The highest BCUT2D eigenvalue weighted by Gasteiger charge is 2.30. The van der Waals surface area contributed by atoms with Crippen LogP contribution in [0.1, 0.15) is 12.5 Å². The van der Waals surface area contributed by atoms with Crippen molar-refractivity contribution in [3.63, 3.8) is 0 Å². The van der Waals surface area contributed by atoms with Gasteiger partial charge in [-0.25, -0.2) is 4.79 Å². The van der Waals surface area contributed by atoms with Crippen molar-refractivity contribution in [1.82, 2.24) is 4.57 Å². The van der Waals surface area contributed by atoms with Crippen molar-refractivity contribution < 1.29 is 29.6 Å². The molecule has 0 fully saturated rings. The van der Waals surface area contributed by atoms with Crippen molar-refractivity contribution >= 4 is 23.3 Å². The Morgan fingerprint density at radius 3 is 1.86 bits per heavy atom. The number of nitrogens with zero attached hydrogens (tertiary/aromatic N) is 3. The predicted molar refractivity (Wildman–Crippen MR) is 62.9 cm³/mol. The molecule has 0 saturated heterocycles. The van der Waals surface area contributed by atoms with E-state index in [4.69, 9.17) is 10.2 Å². The number of hydrogen-bond donors (Lipinski definition) is 2. The van der Waals surface area contributed by atoms with Crippen LogP contribution < -0.4 is 5.43 Å². The number of nitro groups is 2. The second-order valence-corrected chi connectivity index (χ2v) is 3.77. The first-order chi connectivity index (χ1) is 9.65. The molecule has 1 aromatic rings. The summed E-state index contributed by atoms with van der Waals surface area (Å²) in [4.78, 5) is 51.9. The smallest absolute Gasteiger partial charge is 0.339 e. The highest BCUT2D eigenvalue weighted by molar-refractivity contribution is 5.79. The van der Waals surface area contributed by atoms with E-state index in [9.17, 15) is 34.6 Å². The number of aliphatic carboxylic acids is 2. The van der Waals surface area contributed by atoms with Crippen LogP contribution in [0, 0.1) is 20.2 Å². The van der Waals surface area contributed by atoms with Crippen LogP contribution in [0.4, 0.5) is 11.4 Å². The van der Waals surface area contributed by atoms with Gasteiger partial charge in [-0.2, -0.15) is 0 Å². The lowest BCUT2D eigenvalue weighted by Gasteiger charge is -2.13. The Kier molecular flexibility index (Phi) is 4.32. The van der Waals surface area contributed by atoms with Gasteiger partial charge in [-0.1, -0.05) is 0 Å². The molecule has 0 bridgehead atoms. The second kappa shape index (κ2) is 5.77. The third-order valence-electron chi connectivity index (χ3n) is 2.41. The van der Waals surface area contributed by atoms with Gasteiger partial charge in [0, 0.05) is 0 Å². The van der Waals surface area contributed by atoms with E-state index < -0.39 is 51.1 Å². The molecule has 1 aromatic heterocycles. The minimum Gasteiger partial charge on any atom is -0.481 e. The largest absolute Gasteiger partial charge is 0.481 e. The quantitative estimate of drug-likeness (QED) is 0.528. The lowest BCUT2D eigenvalue weighted by molar-refractivity contribution is -0.397. The molecule has 0 spiro atoms. The fourth-order valence-electron chi connectivity index (χ4n) is 1.49. The maximum atomic E-state index is 11.5. The number of carboxylic acids is 2. The molecule has 2 N–H and O–H groups in total. The van der Waals surface area contributed by atoms with Gasteiger partial charge in [-0.05, 0) is 0 Å². The summed E-state index contributed by atoms with van der Waals surface area (Å²) in [6, 6.07) is -1.83. The Bertz CT molecular complexity index is 654. The zero-order valence-corrected chi connectivity index (χ0v) is 10.0. The molecule has 0 amide bonds. The van der Waals surface area contributed by atoms with E-state index in [1.165, 1.54) is 0 Å². The van der Waals surface area contributed by atoms with E-state index in [-0.39, 0.29) is 0 Å². The minimum atomic E-state index is -1.83. The molecule has 0 aliphatic heterocycles. The summed E-state index contributed by atoms with van der Waals surface area (Å²) in [6.45, 7) is 0. The molecule has 112 valence electrons. The van der Waals surface area contributed by atoms with Crippen LogP contribution in [0.5, 0.6) is 0 Å². The molecule has 12 nitrogen and oxygen atoms in total. The summed E-state index contributed by atoms with van der Waals surface area (Å²) in [7, 11) is 0. The van der Waals surface area contributed by atoms with Crippen LogP contribution in [0.3, 0.4) is 0 Å². The molecule has 0 aromatic carbocycles. The third kappa shape index (κ3) is 3.37. The molecule has 1 atom stereocenters. The summed E-state index contributed by atoms with van der Waals surface area (Å²) in [5.41, 5.74) is -3.94. The Balaban J connectivity index is 3.58. The standard InChI is InChI=1S/C9H7N3O9/c13-7(14)1-4(9(16)17)10-2-5(11(18)19)8(15)6(3-10)12(20)21/h2-4H,1H2,(H,13,14)(H,16,17)/t4-/m0/s1. The van der Waals surface area contributed by atoms with E-state index in [1.54, 1.807) is 0 Å². The fraction of sp³-hybridized carbons (Fsp3) is 0.222. The third-order valence-corrected chi connectivity index (χ3v) is 2.41. The molecular weight excluding hydrogens is 294 g/mol. The van der Waals surface area contributed by atoms with Gasteiger partial charge in [-0.3, -0.25) is 29.8 Å². The van der Waals surface area contributed by atoms with Crippen LogP contribution in [0.25, 0.3) is 0 Å². The van der Waals surface area contributed by atoms with Gasteiger partial charge in [-0.15, -0.1) is 0 Å². The van der Waals surface area contributed by atoms with Gasteiger partial charge >= 0.3 is 28.7 Å². The first-order valence-corrected chi connectivity index (χ1v) is 5.14. The van der Waals surface area contributed by atoms with Crippen molar-refractivity contribution in [2.75, 3.05) is 0 Å². The van der Waals surface area contributed by atoms with Crippen molar-refractivity contribution in [2.24, 2.45) is 0 Å². The highest BCUT2D eigenvalue weighted by atomic mass is 16.6. The Morgan fingerprint density at radius 2 is 1.57 bits per heavy atom. The predicted octanol–water partition coefficient (Wildman–Crippen LogP) is -0.235. The zero-order valence-electron chi connectivity index (χ0n) is 10.0. The van der Waals surface area contributed by atoms with Crippen molar-refractivity contribution in [2.45, 2.75) is 12.5 Å². The fourth-order valence-corrected chi connectivity index (χ4v) is 1.49. The van der Waals surface area contributed by atoms with Crippen molar-refractivity contribution in [3.05, 3.63) is 42.8 Å². The average molecular weight is 301 g/mol. The van der Waals surface area contributed by atoms with E-state index in [0.717, 1.165) is 0 Å². The highest BCUT2D eigenvalue weighted by Crippen LogP contribution is 2.19. The monoisotopic (exact) mass is 301 g/mol. The zero-order chi connectivity index (χ0) is 16.3. The van der Waals surface area contributed by atoms with Gasteiger partial charge in [0.2, 0.25) is 0 Å². The van der Waals surface area contributed by atoms with E-state index in [1.807, 2.05) is 0 Å². The Morgan fingerprint density at radius 1 is 1.14 bits per heavy atom. The van der Waals surface area contributed by atoms with Crippen LogP contribution in [-0.2, 0) is 9.59 Å². The number of carboxylic acid groups (broad SMARTS) is 2. The van der Waals surface area contributed by atoms with Crippen LogP contribution >= 0.6 is 0 Å². The SMILES string of the molecule is O=C(O)C[C@@H](C(=O)O)n1cc([N+](=O)[O-])c(=O)c([N+](=O)[O-])c1. The minimum absolute atomic E-state index is 0.452. The summed E-state index contributed by atoms with van der Waals surface area (Å²) in [5, 5.41) is 38.8. The summed E-state index contributed by atoms with van der Waals surface area (Å²) < 4.78 is 0.452. The molecule has 21 heavy (non-hydrogen) atoms. The average Bonchev–Trinajstić information content (AvgIpc) is 2.35. The van der Waals surface area contributed by atoms with E-state index >= 15 is 0 Å². The normalized spacial score (nSPS) is 11.6. The topological polar surface area (TPSA) is 183 Å². The lowest BCUT2D eigenvalue weighted by atomic mass is 10.2. The molecule has 0 aliphatic carbocycles. The summed E-state index contributed by atoms with van der Waals surface area (Å²) in [5.74, 6) is -3.21.